The second-order valence-corrected chi connectivity index (χ2v) is 4.89. The fourth-order valence-corrected chi connectivity index (χ4v) is 1.71. The normalized spacial score (nSPS) is 10.6. The van der Waals surface area contributed by atoms with E-state index in [1.165, 1.54) is 6.42 Å². The summed E-state index contributed by atoms with van der Waals surface area (Å²) in [4.78, 5) is 8.81. The van der Waals surface area contributed by atoms with E-state index in [1.807, 2.05) is 13.0 Å². The van der Waals surface area contributed by atoms with E-state index < -0.39 is 0 Å². The highest BCUT2D eigenvalue weighted by Crippen LogP contribution is 2.09. The number of hydrogen-bond donors (Lipinski definition) is 2. The molecule has 0 aliphatic carbocycles. The average Bonchev–Trinajstić information content (AvgIpc) is 2.43. The molecule has 0 fully saturated rings. The predicted molar refractivity (Wildman–Crippen MR) is 84.4 cm³/mol. The van der Waals surface area contributed by atoms with E-state index in [0.29, 0.717) is 5.95 Å². The molecule has 0 bridgehead atoms. The summed E-state index contributed by atoms with van der Waals surface area (Å²) in [5.74, 6) is 1.58. The fraction of sp³-hybridized carbons (Fsp3) is 0.733. The Morgan fingerprint density at radius 3 is 2.55 bits per heavy atom. The molecule has 1 rings (SSSR count). The molecular formula is C15H28N4O. The standard InChI is InChI=1S/C15H28N4O/c1-4-6-10-20-11-7-9-16-14-12-13(3)18-15(19-14)17-8-5-2/h12H,4-11H2,1-3H3,(H2,16,17,18,19). The van der Waals surface area contributed by atoms with Gasteiger partial charge in [-0.2, -0.15) is 4.98 Å². The van der Waals surface area contributed by atoms with E-state index >= 15 is 0 Å². The lowest BCUT2D eigenvalue weighted by Crippen LogP contribution is -2.10. The molecular weight excluding hydrogens is 252 g/mol. The van der Waals surface area contributed by atoms with Crippen LogP contribution in [-0.4, -0.2) is 36.3 Å². The van der Waals surface area contributed by atoms with Gasteiger partial charge in [-0.25, -0.2) is 4.98 Å². The number of rotatable bonds is 11. The van der Waals surface area contributed by atoms with E-state index in [-0.39, 0.29) is 0 Å². The van der Waals surface area contributed by atoms with Gasteiger partial charge >= 0.3 is 0 Å². The van der Waals surface area contributed by atoms with Crippen LogP contribution in [0.3, 0.4) is 0 Å². The lowest BCUT2D eigenvalue weighted by Gasteiger charge is -2.09. The maximum Gasteiger partial charge on any atom is 0.224 e. The molecule has 0 aromatic carbocycles. The molecule has 0 atom stereocenters. The second kappa shape index (κ2) is 10.4. The first kappa shape index (κ1) is 16.7. The van der Waals surface area contributed by atoms with Gasteiger partial charge in [-0.3, -0.25) is 0 Å². The molecule has 1 heterocycles. The SMILES string of the molecule is CCCCOCCCNc1cc(C)nc(NCCC)n1. The number of hydrogen-bond acceptors (Lipinski definition) is 5. The first-order chi connectivity index (χ1) is 9.76. The van der Waals surface area contributed by atoms with Crippen molar-refractivity contribution in [1.82, 2.24) is 9.97 Å². The number of aryl methyl sites for hydroxylation is 1. The van der Waals surface area contributed by atoms with Crippen molar-refractivity contribution in [2.24, 2.45) is 0 Å². The van der Waals surface area contributed by atoms with Crippen molar-refractivity contribution in [3.8, 4) is 0 Å². The van der Waals surface area contributed by atoms with Crippen molar-refractivity contribution in [3.63, 3.8) is 0 Å². The van der Waals surface area contributed by atoms with Crippen molar-refractivity contribution in [3.05, 3.63) is 11.8 Å². The molecule has 5 nitrogen and oxygen atoms in total. The highest BCUT2D eigenvalue weighted by Gasteiger charge is 2.01. The zero-order valence-corrected chi connectivity index (χ0v) is 13.0. The number of ether oxygens (including phenoxy) is 1. The molecule has 0 spiro atoms. The van der Waals surface area contributed by atoms with Gasteiger partial charge in [-0.1, -0.05) is 20.3 Å². The number of anilines is 2. The second-order valence-electron chi connectivity index (χ2n) is 4.89. The minimum Gasteiger partial charge on any atom is -0.381 e. The van der Waals surface area contributed by atoms with Crippen LogP contribution in [-0.2, 0) is 4.74 Å². The minimum atomic E-state index is 0.702. The summed E-state index contributed by atoms with van der Waals surface area (Å²) in [6, 6.07) is 1.97. The molecule has 0 saturated heterocycles. The van der Waals surface area contributed by atoms with Crippen LogP contribution in [0.1, 0.15) is 45.2 Å². The molecule has 0 radical (unpaired) electrons. The Morgan fingerprint density at radius 1 is 1.00 bits per heavy atom. The molecule has 0 aliphatic rings. The maximum absolute atomic E-state index is 5.53. The molecule has 2 N–H and O–H groups in total. The number of nitrogens with zero attached hydrogens (tertiary/aromatic N) is 2. The Hall–Kier alpha value is -1.36. The molecule has 20 heavy (non-hydrogen) atoms. The highest BCUT2D eigenvalue weighted by atomic mass is 16.5. The van der Waals surface area contributed by atoms with Crippen LogP contribution in [0.5, 0.6) is 0 Å². The molecule has 0 unspecified atom stereocenters. The van der Waals surface area contributed by atoms with Crippen molar-refractivity contribution in [2.45, 2.75) is 46.5 Å². The predicted octanol–water partition coefficient (Wildman–Crippen LogP) is 3.23. The summed E-state index contributed by atoms with van der Waals surface area (Å²) in [6.07, 6.45) is 4.39. The van der Waals surface area contributed by atoms with Gasteiger partial charge in [0.2, 0.25) is 5.95 Å². The Labute approximate surface area is 122 Å². The average molecular weight is 280 g/mol. The largest absolute Gasteiger partial charge is 0.381 e. The Kier molecular flexibility index (Phi) is 8.71. The summed E-state index contributed by atoms with van der Waals surface area (Å²) >= 11 is 0. The van der Waals surface area contributed by atoms with Crippen molar-refractivity contribution in [1.29, 1.82) is 0 Å². The quantitative estimate of drug-likeness (QED) is 0.609. The first-order valence-electron chi connectivity index (χ1n) is 7.67. The zero-order chi connectivity index (χ0) is 14.6. The van der Waals surface area contributed by atoms with Gasteiger partial charge in [-0.05, 0) is 26.2 Å². The van der Waals surface area contributed by atoms with E-state index in [1.54, 1.807) is 0 Å². The van der Waals surface area contributed by atoms with E-state index in [9.17, 15) is 0 Å². The Bertz CT molecular complexity index is 371. The van der Waals surface area contributed by atoms with Crippen molar-refractivity contribution in [2.75, 3.05) is 36.9 Å². The molecule has 1 aromatic heterocycles. The fourth-order valence-electron chi connectivity index (χ4n) is 1.71. The van der Waals surface area contributed by atoms with Gasteiger partial charge in [0.25, 0.3) is 0 Å². The minimum absolute atomic E-state index is 0.702. The number of aromatic nitrogens is 2. The Balaban J connectivity index is 2.26. The summed E-state index contributed by atoms with van der Waals surface area (Å²) < 4.78 is 5.53. The van der Waals surface area contributed by atoms with Crippen LogP contribution in [0.4, 0.5) is 11.8 Å². The van der Waals surface area contributed by atoms with Crippen LogP contribution in [0.25, 0.3) is 0 Å². The molecule has 114 valence electrons. The number of nitrogens with one attached hydrogen (secondary N) is 2. The van der Waals surface area contributed by atoms with Crippen LogP contribution in [0.15, 0.2) is 6.07 Å². The van der Waals surface area contributed by atoms with Crippen molar-refractivity contribution >= 4 is 11.8 Å². The third-order valence-corrected chi connectivity index (χ3v) is 2.80. The zero-order valence-electron chi connectivity index (χ0n) is 13.0. The summed E-state index contributed by atoms with van der Waals surface area (Å²) in [5, 5.41) is 6.54. The highest BCUT2D eigenvalue weighted by molar-refractivity contribution is 5.41. The van der Waals surface area contributed by atoms with Gasteiger partial charge in [-0.15, -0.1) is 0 Å². The molecule has 0 aliphatic heterocycles. The van der Waals surface area contributed by atoms with Crippen LogP contribution in [0, 0.1) is 6.92 Å². The number of unbranched alkanes of at least 4 members (excludes halogenated alkanes) is 1. The van der Waals surface area contributed by atoms with Gasteiger partial charge in [0, 0.05) is 38.1 Å². The van der Waals surface area contributed by atoms with E-state index in [0.717, 1.165) is 57.1 Å². The lowest BCUT2D eigenvalue weighted by molar-refractivity contribution is 0.131. The third kappa shape index (κ3) is 7.28. The monoisotopic (exact) mass is 280 g/mol. The van der Waals surface area contributed by atoms with Crippen molar-refractivity contribution < 1.29 is 4.74 Å². The first-order valence-corrected chi connectivity index (χ1v) is 7.67. The van der Waals surface area contributed by atoms with E-state index in [4.69, 9.17) is 4.74 Å². The van der Waals surface area contributed by atoms with Gasteiger partial charge in [0.1, 0.15) is 5.82 Å². The van der Waals surface area contributed by atoms with Crippen LogP contribution >= 0.6 is 0 Å². The summed E-state index contributed by atoms with van der Waals surface area (Å²) in [5.41, 5.74) is 0.972. The lowest BCUT2D eigenvalue weighted by atomic mass is 10.3. The molecule has 0 amide bonds. The smallest absolute Gasteiger partial charge is 0.224 e. The third-order valence-electron chi connectivity index (χ3n) is 2.80. The molecule has 1 aromatic rings. The molecule has 0 saturated carbocycles. The van der Waals surface area contributed by atoms with E-state index in [2.05, 4.69) is 34.4 Å². The van der Waals surface area contributed by atoms with Crippen LogP contribution in [0.2, 0.25) is 0 Å². The van der Waals surface area contributed by atoms with Crippen LogP contribution < -0.4 is 10.6 Å². The maximum atomic E-state index is 5.53. The van der Waals surface area contributed by atoms with Gasteiger partial charge in [0.15, 0.2) is 0 Å². The molecule has 5 heteroatoms. The van der Waals surface area contributed by atoms with Gasteiger partial charge in [0.05, 0.1) is 0 Å². The summed E-state index contributed by atoms with van der Waals surface area (Å²) in [7, 11) is 0. The Morgan fingerprint density at radius 2 is 1.80 bits per heavy atom. The van der Waals surface area contributed by atoms with Gasteiger partial charge < -0.3 is 15.4 Å². The summed E-state index contributed by atoms with van der Waals surface area (Å²) in [6.45, 7) is 9.72. The topological polar surface area (TPSA) is 59.1 Å².